The van der Waals surface area contributed by atoms with Crippen LogP contribution in [0.1, 0.15) is 47.3 Å². The molecule has 25 heavy (non-hydrogen) atoms. The number of aryl methyl sites for hydroxylation is 1. The van der Waals surface area contributed by atoms with Crippen LogP contribution in [0.4, 0.5) is 0 Å². The standard InChI is InChI=1S/C20H20BrNO3/c1-13(25-20(24)15-9-11-16(21)12-10-15)19(23)22-18-8-4-6-14-5-2-3-7-17(14)18/h2-3,5,7,9-13,18H,4,6,8H2,1H3,(H,22,23). The fourth-order valence-corrected chi connectivity index (χ4v) is 3.33. The summed E-state index contributed by atoms with van der Waals surface area (Å²) in [6.07, 6.45) is 2.13. The number of amides is 1. The zero-order chi connectivity index (χ0) is 17.8. The van der Waals surface area contributed by atoms with E-state index in [1.165, 1.54) is 5.56 Å². The first-order valence-electron chi connectivity index (χ1n) is 8.39. The van der Waals surface area contributed by atoms with Crippen LogP contribution in [0.3, 0.4) is 0 Å². The Bertz CT molecular complexity index is 773. The highest BCUT2D eigenvalue weighted by Gasteiger charge is 2.25. The Balaban J connectivity index is 1.62. The summed E-state index contributed by atoms with van der Waals surface area (Å²) in [6.45, 7) is 1.60. The molecule has 2 unspecified atom stereocenters. The van der Waals surface area contributed by atoms with E-state index >= 15 is 0 Å². The van der Waals surface area contributed by atoms with Crippen LogP contribution < -0.4 is 5.32 Å². The van der Waals surface area contributed by atoms with Gasteiger partial charge < -0.3 is 10.1 Å². The molecule has 1 amide bonds. The lowest BCUT2D eigenvalue weighted by Gasteiger charge is -2.27. The summed E-state index contributed by atoms with van der Waals surface area (Å²) in [5.41, 5.74) is 2.86. The number of carbonyl (C=O) groups excluding carboxylic acids is 2. The lowest BCUT2D eigenvalue weighted by atomic mass is 9.87. The van der Waals surface area contributed by atoms with Crippen molar-refractivity contribution in [1.29, 1.82) is 0 Å². The van der Waals surface area contributed by atoms with Gasteiger partial charge in [0.15, 0.2) is 6.10 Å². The molecule has 0 saturated heterocycles. The predicted octanol–water partition coefficient (Wildman–Crippen LogP) is 4.19. The predicted molar refractivity (Wildman–Crippen MR) is 99.3 cm³/mol. The number of ether oxygens (including phenoxy) is 1. The van der Waals surface area contributed by atoms with E-state index in [1.54, 1.807) is 31.2 Å². The molecule has 0 aliphatic heterocycles. The van der Waals surface area contributed by atoms with Crippen LogP contribution in [0, 0.1) is 0 Å². The molecule has 0 radical (unpaired) electrons. The zero-order valence-corrected chi connectivity index (χ0v) is 15.6. The molecule has 0 spiro atoms. The Morgan fingerprint density at radius 3 is 2.64 bits per heavy atom. The van der Waals surface area contributed by atoms with E-state index < -0.39 is 12.1 Å². The summed E-state index contributed by atoms with van der Waals surface area (Å²) in [5, 5.41) is 3.02. The first kappa shape index (κ1) is 17.7. The Morgan fingerprint density at radius 1 is 1.16 bits per heavy atom. The van der Waals surface area contributed by atoms with E-state index in [4.69, 9.17) is 4.74 Å². The number of hydrogen-bond donors (Lipinski definition) is 1. The van der Waals surface area contributed by atoms with Gasteiger partial charge in [0, 0.05) is 4.47 Å². The molecule has 0 saturated carbocycles. The molecule has 1 aliphatic carbocycles. The maximum Gasteiger partial charge on any atom is 0.338 e. The highest BCUT2D eigenvalue weighted by Crippen LogP contribution is 2.29. The SMILES string of the molecule is CC(OC(=O)c1ccc(Br)cc1)C(=O)NC1CCCc2ccccc21. The minimum absolute atomic E-state index is 0.0220. The number of halogens is 1. The number of rotatable bonds is 4. The lowest BCUT2D eigenvalue weighted by Crippen LogP contribution is -2.39. The molecule has 0 aromatic heterocycles. The van der Waals surface area contributed by atoms with Crippen molar-refractivity contribution in [3.63, 3.8) is 0 Å². The molecule has 130 valence electrons. The summed E-state index contributed by atoms with van der Waals surface area (Å²) < 4.78 is 6.18. The fourth-order valence-electron chi connectivity index (χ4n) is 3.06. The molecule has 2 atom stereocenters. The first-order chi connectivity index (χ1) is 12.0. The van der Waals surface area contributed by atoms with E-state index in [0.717, 1.165) is 29.3 Å². The summed E-state index contributed by atoms with van der Waals surface area (Å²) in [7, 11) is 0. The van der Waals surface area contributed by atoms with Crippen LogP contribution in [-0.2, 0) is 16.0 Å². The van der Waals surface area contributed by atoms with E-state index in [2.05, 4.69) is 33.4 Å². The van der Waals surface area contributed by atoms with Gasteiger partial charge >= 0.3 is 5.97 Å². The van der Waals surface area contributed by atoms with Gasteiger partial charge in [-0.15, -0.1) is 0 Å². The van der Waals surface area contributed by atoms with Gasteiger partial charge in [0.25, 0.3) is 5.91 Å². The normalized spacial score (nSPS) is 17.3. The summed E-state index contributed by atoms with van der Waals surface area (Å²) in [4.78, 5) is 24.6. The Kier molecular flexibility index (Phi) is 5.53. The van der Waals surface area contributed by atoms with Crippen molar-refractivity contribution in [1.82, 2.24) is 5.32 Å². The van der Waals surface area contributed by atoms with Crippen LogP contribution in [0.5, 0.6) is 0 Å². The van der Waals surface area contributed by atoms with Gasteiger partial charge in [-0.1, -0.05) is 40.2 Å². The first-order valence-corrected chi connectivity index (χ1v) is 9.18. The molecule has 2 aromatic carbocycles. The van der Waals surface area contributed by atoms with Crippen molar-refractivity contribution in [3.8, 4) is 0 Å². The largest absolute Gasteiger partial charge is 0.449 e. The second-order valence-corrected chi connectivity index (χ2v) is 7.12. The monoisotopic (exact) mass is 401 g/mol. The number of benzene rings is 2. The minimum Gasteiger partial charge on any atom is -0.449 e. The number of esters is 1. The molecule has 0 fully saturated rings. The Morgan fingerprint density at radius 2 is 1.88 bits per heavy atom. The minimum atomic E-state index is -0.842. The molecule has 1 aliphatic rings. The van der Waals surface area contributed by atoms with E-state index in [1.807, 2.05) is 12.1 Å². The Hall–Kier alpha value is -2.14. The van der Waals surface area contributed by atoms with Crippen LogP contribution in [0.25, 0.3) is 0 Å². The molecule has 5 heteroatoms. The van der Waals surface area contributed by atoms with Crippen molar-refractivity contribution in [2.45, 2.75) is 38.3 Å². The van der Waals surface area contributed by atoms with Gasteiger partial charge in [-0.25, -0.2) is 4.79 Å². The van der Waals surface area contributed by atoms with Crippen molar-refractivity contribution in [3.05, 3.63) is 69.7 Å². The van der Waals surface area contributed by atoms with E-state index in [9.17, 15) is 9.59 Å². The van der Waals surface area contributed by atoms with Gasteiger partial charge in [0.1, 0.15) is 0 Å². The number of nitrogens with one attached hydrogen (secondary N) is 1. The number of fused-ring (bicyclic) bond motifs is 1. The number of hydrogen-bond acceptors (Lipinski definition) is 3. The van der Waals surface area contributed by atoms with Crippen molar-refractivity contribution < 1.29 is 14.3 Å². The highest BCUT2D eigenvalue weighted by molar-refractivity contribution is 9.10. The fraction of sp³-hybridized carbons (Fsp3) is 0.300. The van der Waals surface area contributed by atoms with Crippen LogP contribution in [0.15, 0.2) is 53.0 Å². The summed E-state index contributed by atoms with van der Waals surface area (Å²) in [6, 6.07) is 15.0. The molecule has 4 nitrogen and oxygen atoms in total. The van der Waals surface area contributed by atoms with Crippen molar-refractivity contribution in [2.75, 3.05) is 0 Å². The molecular formula is C20H20BrNO3. The molecule has 3 rings (SSSR count). The van der Waals surface area contributed by atoms with E-state index in [-0.39, 0.29) is 11.9 Å². The van der Waals surface area contributed by atoms with Gasteiger partial charge in [-0.3, -0.25) is 4.79 Å². The molecular weight excluding hydrogens is 382 g/mol. The second-order valence-electron chi connectivity index (χ2n) is 6.21. The maximum atomic E-state index is 12.4. The third-order valence-corrected chi connectivity index (χ3v) is 4.95. The van der Waals surface area contributed by atoms with Gasteiger partial charge in [0.2, 0.25) is 0 Å². The molecule has 0 bridgehead atoms. The molecule has 0 heterocycles. The van der Waals surface area contributed by atoms with Crippen LogP contribution >= 0.6 is 15.9 Å². The van der Waals surface area contributed by atoms with Crippen molar-refractivity contribution in [2.24, 2.45) is 0 Å². The third kappa shape index (κ3) is 4.28. The van der Waals surface area contributed by atoms with Gasteiger partial charge in [0.05, 0.1) is 11.6 Å². The quantitative estimate of drug-likeness (QED) is 0.781. The average Bonchev–Trinajstić information content (AvgIpc) is 2.62. The molecule has 2 aromatic rings. The average molecular weight is 402 g/mol. The van der Waals surface area contributed by atoms with Crippen molar-refractivity contribution >= 4 is 27.8 Å². The topological polar surface area (TPSA) is 55.4 Å². The second kappa shape index (κ2) is 7.83. The smallest absolute Gasteiger partial charge is 0.338 e. The Labute approximate surface area is 155 Å². The third-order valence-electron chi connectivity index (χ3n) is 4.42. The van der Waals surface area contributed by atoms with Gasteiger partial charge in [-0.2, -0.15) is 0 Å². The van der Waals surface area contributed by atoms with Crippen LogP contribution in [0.2, 0.25) is 0 Å². The van der Waals surface area contributed by atoms with Crippen LogP contribution in [-0.4, -0.2) is 18.0 Å². The molecule has 1 N–H and O–H groups in total. The van der Waals surface area contributed by atoms with Gasteiger partial charge in [-0.05, 0) is 61.6 Å². The maximum absolute atomic E-state index is 12.4. The zero-order valence-electron chi connectivity index (χ0n) is 14.0. The highest BCUT2D eigenvalue weighted by atomic mass is 79.9. The summed E-state index contributed by atoms with van der Waals surface area (Å²) in [5.74, 6) is -0.772. The summed E-state index contributed by atoms with van der Waals surface area (Å²) >= 11 is 3.32. The lowest BCUT2D eigenvalue weighted by molar-refractivity contribution is -0.130. The van der Waals surface area contributed by atoms with E-state index in [0.29, 0.717) is 5.56 Å². The number of carbonyl (C=O) groups is 2.